The zero-order valence-corrected chi connectivity index (χ0v) is 10.1. The van der Waals surface area contributed by atoms with Crippen LogP contribution in [0.3, 0.4) is 0 Å². The Hall–Kier alpha value is -1.56. The molecule has 5 nitrogen and oxygen atoms in total. The molecule has 16 heavy (non-hydrogen) atoms. The Labute approximate surface area is 101 Å². The summed E-state index contributed by atoms with van der Waals surface area (Å²) in [6.45, 7) is 1.39. The van der Waals surface area contributed by atoms with Crippen molar-refractivity contribution in [3.05, 3.63) is 28.2 Å². The first-order valence-electron chi connectivity index (χ1n) is 4.50. The van der Waals surface area contributed by atoms with Gasteiger partial charge in [-0.15, -0.1) is 0 Å². The number of carbonyl (C=O) groups is 2. The predicted molar refractivity (Wildman–Crippen MR) is 63.1 cm³/mol. The number of rotatable bonds is 3. The van der Waals surface area contributed by atoms with E-state index >= 15 is 0 Å². The quantitative estimate of drug-likeness (QED) is 0.729. The minimum absolute atomic E-state index is 0.313. The third-order valence-electron chi connectivity index (χ3n) is 1.95. The zero-order valence-electron chi connectivity index (χ0n) is 8.53. The smallest absolute Gasteiger partial charge is 0.325 e. The minimum Gasteiger partial charge on any atom is -0.480 e. The highest BCUT2D eigenvalue weighted by Crippen LogP contribution is 2.19. The molecule has 0 heterocycles. The molecule has 1 aromatic rings. The molecule has 0 unspecified atom stereocenters. The highest BCUT2D eigenvalue weighted by atomic mass is 79.9. The van der Waals surface area contributed by atoms with Gasteiger partial charge in [0.05, 0.1) is 5.56 Å². The second-order valence-electron chi connectivity index (χ2n) is 3.27. The highest BCUT2D eigenvalue weighted by Gasteiger charge is 2.17. The van der Waals surface area contributed by atoms with Crippen LogP contribution in [0.25, 0.3) is 0 Å². The Morgan fingerprint density at radius 3 is 2.69 bits per heavy atom. The Bertz CT molecular complexity index is 434. The normalized spacial score (nSPS) is 11.9. The lowest BCUT2D eigenvalue weighted by atomic mass is 10.2. The number of aliphatic carboxylic acids is 1. The molecule has 4 N–H and O–H groups in total. The van der Waals surface area contributed by atoms with Crippen LogP contribution in [-0.4, -0.2) is 23.0 Å². The molecule has 0 aliphatic rings. The molecule has 0 aliphatic heterocycles. The van der Waals surface area contributed by atoms with Crippen molar-refractivity contribution in [1.82, 2.24) is 5.32 Å². The van der Waals surface area contributed by atoms with Crippen molar-refractivity contribution in [3.63, 3.8) is 0 Å². The summed E-state index contributed by atoms with van der Waals surface area (Å²) < 4.78 is 0.566. The summed E-state index contributed by atoms with van der Waals surface area (Å²) in [7, 11) is 0. The van der Waals surface area contributed by atoms with Crippen LogP contribution < -0.4 is 11.1 Å². The van der Waals surface area contributed by atoms with Crippen molar-refractivity contribution in [1.29, 1.82) is 0 Å². The van der Waals surface area contributed by atoms with Gasteiger partial charge in [0.2, 0.25) is 0 Å². The average molecular weight is 287 g/mol. The van der Waals surface area contributed by atoms with E-state index in [9.17, 15) is 9.59 Å². The monoisotopic (exact) mass is 286 g/mol. The molecule has 6 heteroatoms. The summed E-state index contributed by atoms with van der Waals surface area (Å²) in [5.74, 6) is -1.57. The maximum atomic E-state index is 11.7. The second-order valence-corrected chi connectivity index (χ2v) is 4.13. The molecule has 0 aliphatic carbocycles. The molecule has 1 aromatic carbocycles. The van der Waals surface area contributed by atoms with E-state index in [0.717, 1.165) is 0 Å². The fourth-order valence-electron chi connectivity index (χ4n) is 1.05. The van der Waals surface area contributed by atoms with Crippen LogP contribution in [0.4, 0.5) is 5.69 Å². The van der Waals surface area contributed by atoms with E-state index in [-0.39, 0.29) is 0 Å². The third-order valence-corrected chi connectivity index (χ3v) is 2.64. The fourth-order valence-corrected chi connectivity index (χ4v) is 1.48. The van der Waals surface area contributed by atoms with Gasteiger partial charge in [0.15, 0.2) is 0 Å². The Balaban J connectivity index is 2.88. The molecule has 0 spiro atoms. The van der Waals surface area contributed by atoms with Gasteiger partial charge in [0.1, 0.15) is 6.04 Å². The van der Waals surface area contributed by atoms with Crippen LogP contribution in [0, 0.1) is 0 Å². The van der Waals surface area contributed by atoms with E-state index in [1.165, 1.54) is 13.0 Å². The van der Waals surface area contributed by atoms with Crippen LogP contribution in [0.2, 0.25) is 0 Å². The van der Waals surface area contributed by atoms with E-state index in [1.807, 2.05) is 0 Å². The van der Waals surface area contributed by atoms with Gasteiger partial charge < -0.3 is 16.2 Å². The van der Waals surface area contributed by atoms with Crippen molar-refractivity contribution < 1.29 is 14.7 Å². The van der Waals surface area contributed by atoms with Gasteiger partial charge in [0, 0.05) is 10.2 Å². The number of anilines is 1. The van der Waals surface area contributed by atoms with Crippen molar-refractivity contribution >= 4 is 33.5 Å². The Morgan fingerprint density at radius 2 is 2.12 bits per heavy atom. The average Bonchev–Trinajstić information content (AvgIpc) is 2.21. The van der Waals surface area contributed by atoms with Gasteiger partial charge in [-0.1, -0.05) is 0 Å². The number of halogens is 1. The standard InChI is InChI=1S/C10H11BrN2O3/c1-5(10(15)16)13-9(14)7-4-6(12)2-3-8(7)11/h2-5H,12H2,1H3,(H,13,14)(H,15,16)/t5-/m0/s1. The molecule has 0 fully saturated rings. The molecule has 86 valence electrons. The largest absolute Gasteiger partial charge is 0.480 e. The van der Waals surface area contributed by atoms with E-state index < -0.39 is 17.9 Å². The SMILES string of the molecule is C[C@H](NC(=O)c1cc(N)ccc1Br)C(=O)O. The number of nitrogens with one attached hydrogen (secondary N) is 1. The number of nitrogens with two attached hydrogens (primary N) is 1. The van der Waals surface area contributed by atoms with E-state index in [2.05, 4.69) is 21.2 Å². The summed E-state index contributed by atoms with van der Waals surface area (Å²) in [6.07, 6.45) is 0. The van der Waals surface area contributed by atoms with Crippen LogP contribution in [0.5, 0.6) is 0 Å². The van der Waals surface area contributed by atoms with Crippen molar-refractivity contribution in [2.24, 2.45) is 0 Å². The first kappa shape index (κ1) is 12.5. The lowest BCUT2D eigenvalue weighted by Gasteiger charge is -2.10. The van der Waals surface area contributed by atoms with Crippen LogP contribution in [0.1, 0.15) is 17.3 Å². The van der Waals surface area contributed by atoms with Crippen LogP contribution in [-0.2, 0) is 4.79 Å². The number of hydrogen-bond donors (Lipinski definition) is 3. The number of amides is 1. The lowest BCUT2D eigenvalue weighted by Crippen LogP contribution is -2.38. The zero-order chi connectivity index (χ0) is 12.3. The Kier molecular flexibility index (Phi) is 3.89. The maximum Gasteiger partial charge on any atom is 0.325 e. The van der Waals surface area contributed by atoms with Gasteiger partial charge in [-0.3, -0.25) is 9.59 Å². The van der Waals surface area contributed by atoms with Gasteiger partial charge in [-0.2, -0.15) is 0 Å². The van der Waals surface area contributed by atoms with E-state index in [0.29, 0.717) is 15.7 Å². The number of hydrogen-bond acceptors (Lipinski definition) is 3. The number of benzene rings is 1. The maximum absolute atomic E-state index is 11.7. The fraction of sp³-hybridized carbons (Fsp3) is 0.200. The van der Waals surface area contributed by atoms with Crippen molar-refractivity contribution in [2.75, 3.05) is 5.73 Å². The van der Waals surface area contributed by atoms with Crippen molar-refractivity contribution in [2.45, 2.75) is 13.0 Å². The highest BCUT2D eigenvalue weighted by molar-refractivity contribution is 9.10. The minimum atomic E-state index is -1.09. The van der Waals surface area contributed by atoms with E-state index in [1.54, 1.807) is 12.1 Å². The molecule has 0 saturated heterocycles. The molecule has 0 aromatic heterocycles. The van der Waals surface area contributed by atoms with Gasteiger partial charge in [-0.25, -0.2) is 0 Å². The molecule has 0 saturated carbocycles. The first-order chi connectivity index (χ1) is 7.41. The van der Waals surface area contributed by atoms with Crippen molar-refractivity contribution in [3.8, 4) is 0 Å². The topological polar surface area (TPSA) is 92.4 Å². The summed E-state index contributed by atoms with van der Waals surface area (Å²) in [6, 6.07) is 3.81. The molecule has 1 rings (SSSR count). The van der Waals surface area contributed by atoms with Crippen LogP contribution in [0.15, 0.2) is 22.7 Å². The summed E-state index contributed by atoms with van der Waals surface area (Å²) in [4.78, 5) is 22.2. The number of nitrogen functional groups attached to an aromatic ring is 1. The summed E-state index contributed by atoms with van der Waals surface area (Å²) in [5.41, 5.74) is 6.29. The van der Waals surface area contributed by atoms with Crippen LogP contribution >= 0.6 is 15.9 Å². The summed E-state index contributed by atoms with van der Waals surface area (Å²) >= 11 is 3.19. The van der Waals surface area contributed by atoms with Gasteiger partial charge >= 0.3 is 5.97 Å². The molecule has 1 atom stereocenters. The Morgan fingerprint density at radius 1 is 1.50 bits per heavy atom. The van der Waals surface area contributed by atoms with E-state index in [4.69, 9.17) is 10.8 Å². The number of carbonyl (C=O) groups excluding carboxylic acids is 1. The lowest BCUT2D eigenvalue weighted by molar-refractivity contribution is -0.138. The summed E-state index contributed by atoms with van der Waals surface area (Å²) in [5, 5.41) is 11.0. The van der Waals surface area contributed by atoms with Gasteiger partial charge in [0.25, 0.3) is 5.91 Å². The molecular formula is C10H11BrN2O3. The molecule has 0 bridgehead atoms. The number of carboxylic acids is 1. The van der Waals surface area contributed by atoms with Gasteiger partial charge in [-0.05, 0) is 41.1 Å². The number of carboxylic acid groups (broad SMARTS) is 1. The molecule has 0 radical (unpaired) electrons. The predicted octanol–water partition coefficient (Wildman–Crippen LogP) is 1.23. The third kappa shape index (κ3) is 2.96. The molecule has 1 amide bonds. The second kappa shape index (κ2) is 4.98. The first-order valence-corrected chi connectivity index (χ1v) is 5.30. The molecular weight excluding hydrogens is 276 g/mol.